The molecule has 1 aromatic heterocycles. The van der Waals surface area contributed by atoms with Crippen LogP contribution < -0.4 is 5.32 Å². The SMILES string of the molecule is CCn1c2ccccc2c2cc(CNCc3ccc(F)cc3)ccc21. The van der Waals surface area contributed by atoms with Gasteiger partial charge in [0.2, 0.25) is 0 Å². The first-order valence-corrected chi connectivity index (χ1v) is 8.71. The number of hydrogen-bond acceptors (Lipinski definition) is 1. The van der Waals surface area contributed by atoms with Crippen LogP contribution in [0.1, 0.15) is 18.1 Å². The Balaban J connectivity index is 1.58. The summed E-state index contributed by atoms with van der Waals surface area (Å²) in [5.74, 6) is -0.193. The zero-order chi connectivity index (χ0) is 17.2. The van der Waals surface area contributed by atoms with Gasteiger partial charge in [0.1, 0.15) is 5.82 Å². The molecule has 0 bridgehead atoms. The van der Waals surface area contributed by atoms with Crippen LogP contribution in [0.5, 0.6) is 0 Å². The molecule has 2 nitrogen and oxygen atoms in total. The fourth-order valence-corrected chi connectivity index (χ4v) is 3.50. The average Bonchev–Trinajstić information content (AvgIpc) is 2.96. The quantitative estimate of drug-likeness (QED) is 0.528. The minimum atomic E-state index is -0.193. The standard InChI is InChI=1S/C22H21FN2/c1-2-25-21-6-4-3-5-19(21)20-13-17(9-12-22(20)25)15-24-14-16-7-10-18(23)11-8-16/h3-13,24H,2,14-15H2,1H3. The molecule has 4 aromatic rings. The van der Waals surface area contributed by atoms with Crippen molar-refractivity contribution in [3.05, 3.63) is 83.7 Å². The molecule has 25 heavy (non-hydrogen) atoms. The Bertz CT molecular complexity index is 1020. The third-order valence-corrected chi connectivity index (χ3v) is 4.72. The summed E-state index contributed by atoms with van der Waals surface area (Å²) in [5.41, 5.74) is 4.92. The van der Waals surface area contributed by atoms with E-state index in [1.54, 1.807) is 0 Å². The summed E-state index contributed by atoms with van der Waals surface area (Å²) in [4.78, 5) is 0. The Labute approximate surface area is 146 Å². The van der Waals surface area contributed by atoms with E-state index in [0.29, 0.717) is 0 Å². The van der Waals surface area contributed by atoms with Crippen molar-refractivity contribution in [1.82, 2.24) is 9.88 Å². The van der Waals surface area contributed by atoms with Crippen LogP contribution in [-0.4, -0.2) is 4.57 Å². The average molecular weight is 332 g/mol. The first-order chi connectivity index (χ1) is 12.3. The highest BCUT2D eigenvalue weighted by atomic mass is 19.1. The Morgan fingerprint density at radius 3 is 2.28 bits per heavy atom. The second-order valence-electron chi connectivity index (χ2n) is 6.34. The normalized spacial score (nSPS) is 11.4. The van der Waals surface area contributed by atoms with E-state index < -0.39 is 0 Å². The van der Waals surface area contributed by atoms with Crippen molar-refractivity contribution >= 4 is 21.8 Å². The molecule has 4 rings (SSSR count). The molecule has 3 aromatic carbocycles. The number of nitrogens with zero attached hydrogens (tertiary/aromatic N) is 1. The number of benzene rings is 3. The van der Waals surface area contributed by atoms with Gasteiger partial charge in [-0.15, -0.1) is 0 Å². The number of hydrogen-bond donors (Lipinski definition) is 1. The minimum Gasteiger partial charge on any atom is -0.341 e. The van der Waals surface area contributed by atoms with E-state index in [4.69, 9.17) is 0 Å². The van der Waals surface area contributed by atoms with Crippen molar-refractivity contribution in [3.63, 3.8) is 0 Å². The van der Waals surface area contributed by atoms with Crippen LogP contribution in [0, 0.1) is 5.82 Å². The van der Waals surface area contributed by atoms with Crippen LogP contribution >= 0.6 is 0 Å². The molecule has 0 saturated carbocycles. The highest BCUT2D eigenvalue weighted by Gasteiger charge is 2.09. The highest BCUT2D eigenvalue weighted by Crippen LogP contribution is 2.29. The number of nitrogens with one attached hydrogen (secondary N) is 1. The molecule has 0 aliphatic rings. The molecule has 0 aliphatic heterocycles. The lowest BCUT2D eigenvalue weighted by atomic mass is 10.1. The predicted molar refractivity (Wildman–Crippen MR) is 102 cm³/mol. The van der Waals surface area contributed by atoms with Crippen molar-refractivity contribution in [3.8, 4) is 0 Å². The van der Waals surface area contributed by atoms with Gasteiger partial charge in [-0.1, -0.05) is 36.4 Å². The molecule has 0 spiro atoms. The number of aryl methyl sites for hydroxylation is 1. The number of rotatable bonds is 5. The number of fused-ring (bicyclic) bond motifs is 3. The molecule has 0 amide bonds. The maximum atomic E-state index is 13.0. The van der Waals surface area contributed by atoms with E-state index in [2.05, 4.69) is 59.3 Å². The summed E-state index contributed by atoms with van der Waals surface area (Å²) in [6.07, 6.45) is 0. The Morgan fingerprint density at radius 2 is 1.48 bits per heavy atom. The minimum absolute atomic E-state index is 0.193. The maximum Gasteiger partial charge on any atom is 0.123 e. The van der Waals surface area contributed by atoms with Gasteiger partial charge in [0.15, 0.2) is 0 Å². The summed E-state index contributed by atoms with van der Waals surface area (Å²) >= 11 is 0. The fourth-order valence-electron chi connectivity index (χ4n) is 3.50. The topological polar surface area (TPSA) is 17.0 Å². The van der Waals surface area contributed by atoms with Gasteiger partial charge < -0.3 is 9.88 Å². The summed E-state index contributed by atoms with van der Waals surface area (Å²) in [7, 11) is 0. The molecule has 0 fully saturated rings. The molecule has 0 atom stereocenters. The first-order valence-electron chi connectivity index (χ1n) is 8.71. The molecule has 0 aliphatic carbocycles. The lowest BCUT2D eigenvalue weighted by molar-refractivity contribution is 0.625. The smallest absolute Gasteiger partial charge is 0.123 e. The van der Waals surface area contributed by atoms with Crippen LogP contribution in [0.25, 0.3) is 21.8 Å². The Kier molecular flexibility index (Phi) is 4.24. The third kappa shape index (κ3) is 3.03. The second kappa shape index (κ2) is 6.69. The summed E-state index contributed by atoms with van der Waals surface area (Å²) in [6.45, 7) is 4.67. The van der Waals surface area contributed by atoms with Crippen LogP contribution in [0.15, 0.2) is 66.7 Å². The third-order valence-electron chi connectivity index (χ3n) is 4.72. The molecular weight excluding hydrogens is 311 g/mol. The van der Waals surface area contributed by atoms with Gasteiger partial charge in [-0.2, -0.15) is 0 Å². The van der Waals surface area contributed by atoms with Crippen molar-refractivity contribution in [1.29, 1.82) is 0 Å². The summed E-state index contributed by atoms with van der Waals surface area (Å²) < 4.78 is 15.3. The molecule has 126 valence electrons. The molecule has 1 N–H and O–H groups in total. The molecular formula is C22H21FN2. The first kappa shape index (κ1) is 15.9. The van der Waals surface area contributed by atoms with Gasteiger partial charge in [-0.05, 0) is 48.4 Å². The van der Waals surface area contributed by atoms with E-state index in [9.17, 15) is 4.39 Å². The van der Waals surface area contributed by atoms with Gasteiger partial charge in [0.05, 0.1) is 0 Å². The van der Waals surface area contributed by atoms with Gasteiger partial charge in [-0.3, -0.25) is 0 Å². The van der Waals surface area contributed by atoms with Gasteiger partial charge >= 0.3 is 0 Å². The summed E-state index contributed by atoms with van der Waals surface area (Å²) in [5, 5.41) is 6.05. The molecule has 0 unspecified atom stereocenters. The summed E-state index contributed by atoms with van der Waals surface area (Å²) in [6, 6.07) is 21.9. The van der Waals surface area contributed by atoms with Crippen molar-refractivity contribution in [2.75, 3.05) is 0 Å². The Hall–Kier alpha value is -2.65. The number of aromatic nitrogens is 1. The van der Waals surface area contributed by atoms with Crippen LogP contribution in [-0.2, 0) is 19.6 Å². The maximum absolute atomic E-state index is 13.0. The lowest BCUT2D eigenvalue weighted by Gasteiger charge is -2.07. The van der Waals surface area contributed by atoms with E-state index in [0.717, 1.165) is 25.2 Å². The molecule has 3 heteroatoms. The predicted octanol–water partition coefficient (Wildman–Crippen LogP) is 5.24. The van der Waals surface area contributed by atoms with Crippen molar-refractivity contribution < 1.29 is 4.39 Å². The van der Waals surface area contributed by atoms with Gasteiger partial charge in [0.25, 0.3) is 0 Å². The van der Waals surface area contributed by atoms with Crippen LogP contribution in [0.4, 0.5) is 4.39 Å². The largest absolute Gasteiger partial charge is 0.341 e. The van der Waals surface area contributed by atoms with Crippen LogP contribution in [0.2, 0.25) is 0 Å². The fraction of sp³-hybridized carbons (Fsp3) is 0.182. The molecule has 1 heterocycles. The second-order valence-corrected chi connectivity index (χ2v) is 6.34. The monoisotopic (exact) mass is 332 g/mol. The zero-order valence-corrected chi connectivity index (χ0v) is 14.3. The van der Waals surface area contributed by atoms with E-state index in [1.807, 2.05) is 12.1 Å². The van der Waals surface area contributed by atoms with Gasteiger partial charge in [0, 0.05) is 41.4 Å². The number of para-hydroxylation sites is 1. The highest BCUT2D eigenvalue weighted by molar-refractivity contribution is 6.08. The van der Waals surface area contributed by atoms with Gasteiger partial charge in [-0.25, -0.2) is 4.39 Å². The zero-order valence-electron chi connectivity index (χ0n) is 14.3. The molecule has 0 saturated heterocycles. The van der Waals surface area contributed by atoms with E-state index in [-0.39, 0.29) is 5.82 Å². The van der Waals surface area contributed by atoms with Crippen molar-refractivity contribution in [2.45, 2.75) is 26.6 Å². The molecule has 0 radical (unpaired) electrons. The Morgan fingerprint density at radius 1 is 0.800 bits per heavy atom. The van der Waals surface area contributed by atoms with Crippen molar-refractivity contribution in [2.24, 2.45) is 0 Å². The van der Waals surface area contributed by atoms with E-state index >= 15 is 0 Å². The number of halogens is 1. The van der Waals surface area contributed by atoms with Crippen LogP contribution in [0.3, 0.4) is 0 Å². The van der Waals surface area contributed by atoms with E-state index in [1.165, 1.54) is 39.5 Å². The lowest BCUT2D eigenvalue weighted by Crippen LogP contribution is -2.12.